The van der Waals surface area contributed by atoms with E-state index < -0.39 is 6.10 Å². The Hall–Kier alpha value is -1.14. The first-order valence-electron chi connectivity index (χ1n) is 9.80. The molecule has 3 atom stereocenters. The summed E-state index contributed by atoms with van der Waals surface area (Å²) in [7, 11) is 0. The lowest BCUT2D eigenvalue weighted by molar-refractivity contribution is -0.0327. The summed E-state index contributed by atoms with van der Waals surface area (Å²) in [6.07, 6.45) is 1.08. The van der Waals surface area contributed by atoms with Gasteiger partial charge in [0, 0.05) is 24.5 Å². The van der Waals surface area contributed by atoms with Crippen LogP contribution < -0.4 is 10.6 Å². The normalized spacial score (nSPS) is 20.0. The van der Waals surface area contributed by atoms with Gasteiger partial charge in [-0.3, -0.25) is 9.89 Å². The third-order valence-corrected chi connectivity index (χ3v) is 5.66. The number of nitrogens with one attached hydrogen (secondary N) is 2. The number of nitrogens with zero attached hydrogens (tertiary/aromatic N) is 2. The molecule has 1 aliphatic rings. The second-order valence-corrected chi connectivity index (χ2v) is 7.82. The number of hydrogen-bond donors (Lipinski definition) is 3. The number of aliphatic hydroxyl groups is 1. The first kappa shape index (κ1) is 24.1. The highest BCUT2D eigenvalue weighted by Gasteiger charge is 2.26. The van der Waals surface area contributed by atoms with Gasteiger partial charge < -0.3 is 24.9 Å². The van der Waals surface area contributed by atoms with Crippen LogP contribution in [0, 0.1) is 0 Å². The smallest absolute Gasteiger partial charge is 0.191 e. The molecule has 29 heavy (non-hydrogen) atoms. The Bertz CT molecular complexity index is 711. The van der Waals surface area contributed by atoms with Gasteiger partial charge in [-0.05, 0) is 37.4 Å². The molecule has 0 amide bonds. The molecular formula is C20H31IN4O3S. The topological polar surface area (TPSA) is 82.3 Å². The Morgan fingerprint density at radius 2 is 2.24 bits per heavy atom. The molecule has 0 spiro atoms. The van der Waals surface area contributed by atoms with Gasteiger partial charge in [-0.15, -0.1) is 35.3 Å². The fourth-order valence-electron chi connectivity index (χ4n) is 3.29. The van der Waals surface area contributed by atoms with Gasteiger partial charge in [-0.25, -0.2) is 0 Å². The zero-order valence-corrected chi connectivity index (χ0v) is 20.1. The van der Waals surface area contributed by atoms with E-state index in [-0.39, 0.29) is 36.1 Å². The number of thiophene rings is 1. The first-order valence-corrected chi connectivity index (χ1v) is 10.7. The van der Waals surface area contributed by atoms with Gasteiger partial charge in [0.05, 0.1) is 38.1 Å². The van der Waals surface area contributed by atoms with Gasteiger partial charge in [0.2, 0.25) is 0 Å². The molecule has 0 aromatic carbocycles. The fraction of sp³-hybridized carbons (Fsp3) is 0.550. The molecule has 2 aromatic heterocycles. The van der Waals surface area contributed by atoms with Crippen LogP contribution in [0.5, 0.6) is 0 Å². The van der Waals surface area contributed by atoms with Gasteiger partial charge in [-0.1, -0.05) is 6.07 Å². The molecule has 3 N–H and O–H groups in total. The molecule has 3 heterocycles. The number of hydrogen-bond acceptors (Lipinski definition) is 6. The Labute approximate surface area is 193 Å². The van der Waals surface area contributed by atoms with Crippen molar-refractivity contribution in [1.82, 2.24) is 15.5 Å². The lowest BCUT2D eigenvalue weighted by Gasteiger charge is -2.36. The Morgan fingerprint density at radius 3 is 2.90 bits per heavy atom. The number of aliphatic imine (C=N–C) groups is 1. The minimum atomic E-state index is -0.716. The highest BCUT2D eigenvalue weighted by Crippen LogP contribution is 2.27. The van der Waals surface area contributed by atoms with Crippen LogP contribution in [0.3, 0.4) is 0 Å². The van der Waals surface area contributed by atoms with Crippen molar-refractivity contribution < 1.29 is 14.3 Å². The summed E-state index contributed by atoms with van der Waals surface area (Å²) in [5.41, 5.74) is 0. The minimum absolute atomic E-state index is 0. The van der Waals surface area contributed by atoms with E-state index in [4.69, 9.17) is 14.1 Å². The molecule has 9 heteroatoms. The number of halogens is 1. The molecule has 3 rings (SSSR count). The molecule has 0 saturated carbocycles. The summed E-state index contributed by atoms with van der Waals surface area (Å²) in [5.74, 6) is 1.23. The summed E-state index contributed by atoms with van der Waals surface area (Å²) in [6, 6.07) is 8.02. The van der Waals surface area contributed by atoms with E-state index in [9.17, 15) is 5.11 Å². The number of ether oxygens (including phenoxy) is 1. The predicted octanol–water partition coefficient (Wildman–Crippen LogP) is 3.01. The lowest BCUT2D eigenvalue weighted by atomic mass is 10.1. The molecular weight excluding hydrogens is 503 g/mol. The van der Waals surface area contributed by atoms with Crippen LogP contribution in [0.2, 0.25) is 0 Å². The van der Waals surface area contributed by atoms with Crippen molar-refractivity contribution in [2.45, 2.75) is 32.1 Å². The van der Waals surface area contributed by atoms with Crippen LogP contribution in [0.4, 0.5) is 0 Å². The maximum Gasteiger partial charge on any atom is 0.191 e. The van der Waals surface area contributed by atoms with Crippen molar-refractivity contribution in [2.24, 2.45) is 4.99 Å². The van der Waals surface area contributed by atoms with Crippen LogP contribution in [0.1, 0.15) is 36.6 Å². The molecule has 0 bridgehead atoms. The lowest BCUT2D eigenvalue weighted by Crippen LogP contribution is -2.44. The zero-order valence-electron chi connectivity index (χ0n) is 16.9. The van der Waals surface area contributed by atoms with Gasteiger partial charge in [0.1, 0.15) is 11.9 Å². The third-order valence-electron chi connectivity index (χ3n) is 4.69. The number of guanidine groups is 1. The zero-order chi connectivity index (χ0) is 19.8. The van der Waals surface area contributed by atoms with E-state index >= 15 is 0 Å². The van der Waals surface area contributed by atoms with Gasteiger partial charge in [0.25, 0.3) is 0 Å². The Kier molecular flexibility index (Phi) is 10.4. The first-order chi connectivity index (χ1) is 13.7. The summed E-state index contributed by atoms with van der Waals surface area (Å²) >= 11 is 1.76. The second kappa shape index (κ2) is 12.5. The summed E-state index contributed by atoms with van der Waals surface area (Å²) in [5, 5.41) is 18.8. The van der Waals surface area contributed by atoms with Gasteiger partial charge >= 0.3 is 0 Å². The van der Waals surface area contributed by atoms with E-state index in [0.29, 0.717) is 24.8 Å². The van der Waals surface area contributed by atoms with Crippen molar-refractivity contribution in [2.75, 3.05) is 39.3 Å². The fourth-order valence-corrected chi connectivity index (χ4v) is 4.14. The average molecular weight is 534 g/mol. The van der Waals surface area contributed by atoms with Crippen LogP contribution in [0.25, 0.3) is 0 Å². The predicted molar refractivity (Wildman–Crippen MR) is 127 cm³/mol. The number of morpholine rings is 1. The van der Waals surface area contributed by atoms with E-state index in [0.717, 1.165) is 26.2 Å². The van der Waals surface area contributed by atoms with Crippen molar-refractivity contribution in [1.29, 1.82) is 0 Å². The maximum absolute atomic E-state index is 10.2. The molecule has 0 aliphatic carbocycles. The molecule has 0 radical (unpaired) electrons. The molecule has 7 nitrogen and oxygen atoms in total. The van der Waals surface area contributed by atoms with Gasteiger partial charge in [-0.2, -0.15) is 0 Å². The van der Waals surface area contributed by atoms with Gasteiger partial charge in [0.15, 0.2) is 5.96 Å². The quantitative estimate of drug-likeness (QED) is 0.275. The average Bonchev–Trinajstić information content (AvgIpc) is 3.40. The van der Waals surface area contributed by atoms with Crippen LogP contribution in [-0.4, -0.2) is 61.4 Å². The van der Waals surface area contributed by atoms with Crippen molar-refractivity contribution >= 4 is 41.3 Å². The van der Waals surface area contributed by atoms with Crippen LogP contribution in [0.15, 0.2) is 45.3 Å². The molecule has 162 valence electrons. The monoisotopic (exact) mass is 534 g/mol. The number of furan rings is 1. The standard InChI is InChI=1S/C20H30N4O3S.HI/c1-3-21-20(23-13-17(25)18-6-4-9-27-18)22-12-16(19-7-5-11-28-19)24-8-10-26-15(2)14-24;/h4-7,9,11,15-17,25H,3,8,10,12-14H2,1-2H3,(H2,21,22,23);1H. The van der Waals surface area contributed by atoms with E-state index in [1.807, 2.05) is 6.92 Å². The SMILES string of the molecule is CCNC(=NCC(c1cccs1)N1CCOC(C)C1)NCC(O)c1ccco1.I. The highest BCUT2D eigenvalue weighted by molar-refractivity contribution is 14.0. The third kappa shape index (κ3) is 7.25. The second-order valence-electron chi connectivity index (χ2n) is 6.84. The van der Waals surface area contributed by atoms with Crippen LogP contribution >= 0.6 is 35.3 Å². The maximum atomic E-state index is 10.2. The Morgan fingerprint density at radius 1 is 1.38 bits per heavy atom. The highest BCUT2D eigenvalue weighted by atomic mass is 127. The van der Waals surface area contributed by atoms with Crippen molar-refractivity contribution in [3.8, 4) is 0 Å². The summed E-state index contributed by atoms with van der Waals surface area (Å²) in [4.78, 5) is 8.56. The number of aliphatic hydroxyl groups excluding tert-OH is 1. The summed E-state index contributed by atoms with van der Waals surface area (Å²) < 4.78 is 11.0. The Balaban J connectivity index is 0.00000300. The molecule has 1 fully saturated rings. The number of rotatable bonds is 8. The van der Waals surface area contributed by atoms with Crippen molar-refractivity contribution in [3.63, 3.8) is 0 Å². The molecule has 3 unspecified atom stereocenters. The van der Waals surface area contributed by atoms with E-state index in [1.54, 1.807) is 29.7 Å². The summed E-state index contributed by atoms with van der Waals surface area (Å²) in [6.45, 7) is 8.42. The van der Waals surface area contributed by atoms with Crippen LogP contribution in [-0.2, 0) is 4.74 Å². The van der Waals surface area contributed by atoms with Crippen molar-refractivity contribution in [3.05, 3.63) is 46.5 Å². The van der Waals surface area contributed by atoms with E-state index in [1.165, 1.54) is 4.88 Å². The minimum Gasteiger partial charge on any atom is -0.467 e. The molecule has 1 aliphatic heterocycles. The molecule has 2 aromatic rings. The molecule has 1 saturated heterocycles. The van der Waals surface area contributed by atoms with E-state index in [2.05, 4.69) is 40.0 Å². The largest absolute Gasteiger partial charge is 0.467 e.